The van der Waals surface area contributed by atoms with Gasteiger partial charge in [0.1, 0.15) is 0 Å². The van der Waals surface area contributed by atoms with Crippen LogP contribution in [-0.4, -0.2) is 0 Å². The predicted molar refractivity (Wildman–Crippen MR) is 101 cm³/mol. The highest BCUT2D eigenvalue weighted by atomic mass is 14.7. The smallest absolute Gasteiger partial charge is 0.0598 e. The molecule has 0 saturated heterocycles. The Hall–Kier alpha value is -2.96. The van der Waals surface area contributed by atoms with Crippen molar-refractivity contribution in [2.75, 3.05) is 0 Å². The van der Waals surface area contributed by atoms with Crippen LogP contribution in [0.5, 0.6) is 0 Å². The molecule has 3 aliphatic carbocycles. The van der Waals surface area contributed by atoms with Crippen LogP contribution >= 0.6 is 0 Å². The molecule has 3 aliphatic rings. The molecule has 2 aromatic rings. The van der Waals surface area contributed by atoms with Gasteiger partial charge in [0.2, 0.25) is 0 Å². The Bertz CT molecular complexity index is 986. The molecule has 2 aromatic carbocycles. The van der Waals surface area contributed by atoms with Crippen LogP contribution in [0.25, 0.3) is 0 Å². The standard InChI is InChI=1S/C25H18/c1-3-7-19(8-4-1)11-12-21-17-23-24-18-22(21)14-16-25(23,24)15-13-20-9-5-2-6-10-20/h1-10,14,16-17,22-24H,18H2/t22?,23?,24?,25-/m0/s1. The van der Waals surface area contributed by atoms with E-state index in [1.54, 1.807) is 0 Å². The first kappa shape index (κ1) is 14.4. The minimum atomic E-state index is 0.0581. The molecule has 0 heterocycles. The molecule has 1 fully saturated rings. The summed E-state index contributed by atoms with van der Waals surface area (Å²) in [6.45, 7) is 0. The van der Waals surface area contributed by atoms with Gasteiger partial charge in [-0.2, -0.15) is 0 Å². The van der Waals surface area contributed by atoms with Gasteiger partial charge in [-0.05, 0) is 36.6 Å². The monoisotopic (exact) mass is 318 g/mol. The first-order valence-electron chi connectivity index (χ1n) is 8.91. The van der Waals surface area contributed by atoms with Crippen LogP contribution < -0.4 is 0 Å². The number of benzene rings is 2. The second-order valence-corrected chi connectivity index (χ2v) is 7.12. The van der Waals surface area contributed by atoms with E-state index in [-0.39, 0.29) is 5.41 Å². The van der Waals surface area contributed by atoms with Gasteiger partial charge in [0.05, 0.1) is 5.41 Å². The highest BCUT2D eigenvalue weighted by molar-refractivity contribution is 5.53. The summed E-state index contributed by atoms with van der Waals surface area (Å²) in [4.78, 5) is 0. The largest absolute Gasteiger partial charge is 0.0859 e. The molecule has 4 atom stereocenters. The summed E-state index contributed by atoms with van der Waals surface area (Å²) in [6, 6.07) is 20.5. The average molecular weight is 318 g/mol. The van der Waals surface area contributed by atoms with E-state index in [1.807, 2.05) is 36.4 Å². The van der Waals surface area contributed by atoms with E-state index in [4.69, 9.17) is 0 Å². The van der Waals surface area contributed by atoms with Crippen molar-refractivity contribution in [1.29, 1.82) is 0 Å². The summed E-state index contributed by atoms with van der Waals surface area (Å²) in [5, 5.41) is 0. The Morgan fingerprint density at radius 2 is 1.48 bits per heavy atom. The van der Waals surface area contributed by atoms with Crippen molar-refractivity contribution in [2.45, 2.75) is 6.42 Å². The van der Waals surface area contributed by atoms with Gasteiger partial charge in [0, 0.05) is 28.5 Å². The maximum atomic E-state index is 3.58. The maximum Gasteiger partial charge on any atom is 0.0598 e. The molecule has 0 aromatic heterocycles. The summed E-state index contributed by atoms with van der Waals surface area (Å²) >= 11 is 0. The van der Waals surface area contributed by atoms with Crippen molar-refractivity contribution >= 4 is 0 Å². The second kappa shape index (κ2) is 5.54. The van der Waals surface area contributed by atoms with E-state index in [0.29, 0.717) is 17.8 Å². The fourth-order valence-electron chi connectivity index (χ4n) is 4.24. The SMILES string of the molecule is C(#Cc1ccccc1)C1=CC2C3CC1C=C[C@@]23C#Cc1ccccc1. The number of fused-ring (bicyclic) bond motifs is 2. The molecule has 0 heteroatoms. The zero-order valence-corrected chi connectivity index (χ0v) is 13.9. The van der Waals surface area contributed by atoms with Crippen LogP contribution in [0.15, 0.2) is 84.5 Å². The summed E-state index contributed by atoms with van der Waals surface area (Å²) in [5.74, 6) is 15.4. The van der Waals surface area contributed by atoms with Crippen LogP contribution in [-0.2, 0) is 0 Å². The average Bonchev–Trinajstić information content (AvgIpc) is 3.37. The van der Waals surface area contributed by atoms with Crippen LogP contribution in [0.2, 0.25) is 0 Å². The van der Waals surface area contributed by atoms with E-state index in [2.05, 4.69) is 66.2 Å². The third-order valence-electron chi connectivity index (χ3n) is 5.68. The lowest BCUT2D eigenvalue weighted by atomic mass is 9.84. The maximum absolute atomic E-state index is 3.58. The summed E-state index contributed by atoms with van der Waals surface area (Å²) in [5.41, 5.74) is 3.52. The van der Waals surface area contributed by atoms with Crippen molar-refractivity contribution in [1.82, 2.24) is 0 Å². The number of allylic oxidation sites excluding steroid dienone is 4. The zero-order chi connectivity index (χ0) is 16.7. The first-order valence-corrected chi connectivity index (χ1v) is 8.91. The van der Waals surface area contributed by atoms with Gasteiger partial charge in [-0.1, -0.05) is 78.3 Å². The van der Waals surface area contributed by atoms with Gasteiger partial charge in [-0.3, -0.25) is 0 Å². The predicted octanol–water partition coefficient (Wildman–Crippen LogP) is 4.84. The van der Waals surface area contributed by atoms with Crippen molar-refractivity contribution in [3.8, 4) is 23.7 Å². The molecule has 5 rings (SSSR count). The molecule has 0 amide bonds. The topological polar surface area (TPSA) is 0 Å². The summed E-state index contributed by atoms with van der Waals surface area (Å²) in [6.07, 6.45) is 8.29. The molecule has 1 saturated carbocycles. The van der Waals surface area contributed by atoms with Crippen molar-refractivity contribution in [3.05, 3.63) is 95.6 Å². The van der Waals surface area contributed by atoms with Gasteiger partial charge in [-0.15, -0.1) is 0 Å². The summed E-state index contributed by atoms with van der Waals surface area (Å²) < 4.78 is 0. The van der Waals surface area contributed by atoms with Crippen LogP contribution in [0.4, 0.5) is 0 Å². The minimum Gasteiger partial charge on any atom is -0.0859 e. The van der Waals surface area contributed by atoms with Crippen LogP contribution in [0.1, 0.15) is 17.5 Å². The van der Waals surface area contributed by atoms with Gasteiger partial charge in [0.25, 0.3) is 0 Å². The van der Waals surface area contributed by atoms with Crippen LogP contribution in [0.3, 0.4) is 0 Å². The highest BCUT2D eigenvalue weighted by Gasteiger charge is 2.64. The van der Waals surface area contributed by atoms with E-state index in [1.165, 1.54) is 12.0 Å². The first-order chi connectivity index (χ1) is 12.4. The van der Waals surface area contributed by atoms with Gasteiger partial charge < -0.3 is 0 Å². The number of hydrogen-bond donors (Lipinski definition) is 0. The van der Waals surface area contributed by atoms with Gasteiger partial charge in [-0.25, -0.2) is 0 Å². The lowest BCUT2D eigenvalue weighted by Crippen LogP contribution is -2.11. The minimum absolute atomic E-state index is 0.0581. The van der Waals surface area contributed by atoms with Crippen molar-refractivity contribution < 1.29 is 0 Å². The molecule has 0 aliphatic heterocycles. The molecular weight excluding hydrogens is 300 g/mol. The molecule has 118 valence electrons. The van der Waals surface area contributed by atoms with Crippen molar-refractivity contribution in [2.24, 2.45) is 23.2 Å². The molecule has 0 spiro atoms. The Balaban J connectivity index is 1.44. The Labute approximate surface area is 149 Å². The number of rotatable bonds is 0. The molecule has 0 N–H and O–H groups in total. The van der Waals surface area contributed by atoms with E-state index in [0.717, 1.165) is 11.1 Å². The zero-order valence-electron chi connectivity index (χ0n) is 13.9. The lowest BCUT2D eigenvalue weighted by molar-refractivity contribution is 0.533. The van der Waals surface area contributed by atoms with Gasteiger partial charge in [0.15, 0.2) is 0 Å². The third-order valence-corrected chi connectivity index (χ3v) is 5.68. The fraction of sp³-hybridized carbons (Fsp3) is 0.200. The number of hydrogen-bond acceptors (Lipinski definition) is 0. The lowest BCUT2D eigenvalue weighted by Gasteiger charge is -2.19. The second-order valence-electron chi connectivity index (χ2n) is 7.12. The summed E-state index contributed by atoms with van der Waals surface area (Å²) in [7, 11) is 0. The Morgan fingerprint density at radius 3 is 2.20 bits per heavy atom. The Morgan fingerprint density at radius 1 is 0.800 bits per heavy atom. The van der Waals surface area contributed by atoms with Crippen molar-refractivity contribution in [3.63, 3.8) is 0 Å². The normalized spacial score (nSPS) is 30.2. The molecule has 2 bridgehead atoms. The van der Waals surface area contributed by atoms with Crippen LogP contribution in [0, 0.1) is 46.9 Å². The Kier molecular flexibility index (Phi) is 3.19. The molecular formula is C25H18. The quantitative estimate of drug-likeness (QED) is 0.482. The molecule has 0 nitrogen and oxygen atoms in total. The van der Waals surface area contributed by atoms with Gasteiger partial charge >= 0.3 is 0 Å². The highest BCUT2D eigenvalue weighted by Crippen LogP contribution is 2.68. The van der Waals surface area contributed by atoms with E-state index >= 15 is 0 Å². The van der Waals surface area contributed by atoms with E-state index in [9.17, 15) is 0 Å². The molecule has 0 radical (unpaired) electrons. The fourth-order valence-corrected chi connectivity index (χ4v) is 4.24. The van der Waals surface area contributed by atoms with E-state index < -0.39 is 0 Å². The molecule has 3 unspecified atom stereocenters. The molecule has 25 heavy (non-hydrogen) atoms. The third kappa shape index (κ3) is 2.43.